The van der Waals surface area contributed by atoms with Crippen molar-refractivity contribution in [1.82, 2.24) is 19.7 Å². The van der Waals surface area contributed by atoms with Gasteiger partial charge in [0.05, 0.1) is 18.2 Å². The summed E-state index contributed by atoms with van der Waals surface area (Å²) in [5.41, 5.74) is 2.10. The smallest absolute Gasteiger partial charge is 0.263 e. The predicted molar refractivity (Wildman–Crippen MR) is 122 cm³/mol. The van der Waals surface area contributed by atoms with E-state index in [-0.39, 0.29) is 11.6 Å². The Morgan fingerprint density at radius 2 is 2.16 bits per heavy atom. The normalized spacial score (nSPS) is 13.3. The first-order chi connectivity index (χ1) is 15.0. The average Bonchev–Trinajstić information content (AvgIpc) is 3.47. The van der Waals surface area contributed by atoms with Crippen molar-refractivity contribution in [2.75, 3.05) is 7.11 Å². The first-order valence-corrected chi connectivity index (χ1v) is 12.0. The van der Waals surface area contributed by atoms with E-state index in [9.17, 15) is 4.79 Å². The molecule has 1 aromatic carbocycles. The monoisotopic (exact) mass is 454 g/mol. The number of rotatable bonds is 6. The highest BCUT2D eigenvalue weighted by molar-refractivity contribution is 7.98. The van der Waals surface area contributed by atoms with Gasteiger partial charge >= 0.3 is 0 Å². The van der Waals surface area contributed by atoms with E-state index in [1.54, 1.807) is 23.0 Å². The van der Waals surface area contributed by atoms with Gasteiger partial charge in [-0.25, -0.2) is 4.98 Å². The molecule has 160 valence electrons. The van der Waals surface area contributed by atoms with Crippen molar-refractivity contribution in [3.63, 3.8) is 0 Å². The van der Waals surface area contributed by atoms with Gasteiger partial charge in [-0.15, -0.1) is 11.3 Å². The molecular weight excluding hydrogens is 432 g/mol. The number of ether oxygens (including phenoxy) is 1. The predicted octanol–water partition coefficient (Wildman–Crippen LogP) is 4.88. The van der Waals surface area contributed by atoms with Gasteiger partial charge in [0.2, 0.25) is 11.7 Å². The lowest BCUT2D eigenvalue weighted by atomic mass is 10.2. The van der Waals surface area contributed by atoms with Crippen LogP contribution in [0.3, 0.4) is 0 Å². The van der Waals surface area contributed by atoms with E-state index >= 15 is 0 Å². The molecule has 0 saturated heterocycles. The van der Waals surface area contributed by atoms with Crippen molar-refractivity contribution in [1.29, 1.82) is 0 Å². The quantitative estimate of drug-likeness (QED) is 0.303. The number of aryl methyl sites for hydroxylation is 2. The van der Waals surface area contributed by atoms with Gasteiger partial charge in [-0.05, 0) is 50.8 Å². The summed E-state index contributed by atoms with van der Waals surface area (Å²) in [4.78, 5) is 24.9. The molecule has 0 amide bonds. The van der Waals surface area contributed by atoms with E-state index < -0.39 is 0 Å². The maximum atomic E-state index is 13.3. The number of hydrogen-bond donors (Lipinski definition) is 0. The third-order valence-corrected chi connectivity index (χ3v) is 7.50. The molecule has 0 unspecified atom stereocenters. The molecule has 0 fully saturated rings. The summed E-state index contributed by atoms with van der Waals surface area (Å²) in [7, 11) is 1.62. The molecule has 1 aliphatic carbocycles. The number of aromatic nitrogens is 4. The van der Waals surface area contributed by atoms with Gasteiger partial charge in [0, 0.05) is 16.5 Å². The van der Waals surface area contributed by atoms with Gasteiger partial charge in [-0.1, -0.05) is 29.1 Å². The largest absolute Gasteiger partial charge is 0.497 e. The Kier molecular flexibility index (Phi) is 5.31. The lowest BCUT2D eigenvalue weighted by Crippen LogP contribution is -2.25. The van der Waals surface area contributed by atoms with Crippen LogP contribution in [0.4, 0.5) is 0 Å². The summed E-state index contributed by atoms with van der Waals surface area (Å²) in [6.07, 6.45) is 3.16. The highest BCUT2D eigenvalue weighted by Gasteiger charge is 2.24. The van der Waals surface area contributed by atoms with Crippen molar-refractivity contribution in [3.05, 3.63) is 51.0 Å². The third kappa shape index (κ3) is 3.65. The van der Waals surface area contributed by atoms with Crippen LogP contribution in [-0.4, -0.2) is 26.8 Å². The minimum absolute atomic E-state index is 0.0129. The van der Waals surface area contributed by atoms with Gasteiger partial charge in [0.15, 0.2) is 5.16 Å². The van der Waals surface area contributed by atoms with Crippen molar-refractivity contribution in [3.8, 4) is 17.1 Å². The Morgan fingerprint density at radius 1 is 1.29 bits per heavy atom. The minimum Gasteiger partial charge on any atom is -0.497 e. The Balaban J connectivity index is 1.44. The van der Waals surface area contributed by atoms with Crippen LogP contribution in [0.2, 0.25) is 0 Å². The Hall–Kier alpha value is -2.65. The van der Waals surface area contributed by atoms with Gasteiger partial charge < -0.3 is 9.26 Å². The van der Waals surface area contributed by atoms with Crippen LogP contribution < -0.4 is 10.3 Å². The van der Waals surface area contributed by atoms with Gasteiger partial charge in [0.1, 0.15) is 10.6 Å². The number of methoxy groups -OCH3 is 1. The molecule has 7 nitrogen and oxygen atoms in total. The van der Waals surface area contributed by atoms with E-state index in [1.807, 2.05) is 38.1 Å². The number of nitrogens with zero attached hydrogens (tertiary/aromatic N) is 4. The Morgan fingerprint density at radius 3 is 2.97 bits per heavy atom. The lowest BCUT2D eigenvalue weighted by Gasteiger charge is -2.14. The summed E-state index contributed by atoms with van der Waals surface area (Å²) < 4.78 is 12.5. The molecule has 3 aromatic heterocycles. The second kappa shape index (κ2) is 8.12. The van der Waals surface area contributed by atoms with Crippen LogP contribution in [-0.2, 0) is 18.6 Å². The van der Waals surface area contributed by atoms with E-state index in [0.717, 1.165) is 40.8 Å². The Bertz CT molecular complexity index is 1320. The Labute approximate surface area is 187 Å². The number of thioether (sulfide) groups is 1. The summed E-state index contributed by atoms with van der Waals surface area (Å²) in [6, 6.07) is 7.54. The van der Waals surface area contributed by atoms with Crippen molar-refractivity contribution in [2.45, 2.75) is 50.1 Å². The fourth-order valence-electron chi connectivity index (χ4n) is 3.91. The molecule has 1 aliphatic rings. The summed E-state index contributed by atoms with van der Waals surface area (Å²) in [6.45, 7) is 4.03. The summed E-state index contributed by atoms with van der Waals surface area (Å²) in [5, 5.41) is 5.59. The van der Waals surface area contributed by atoms with Crippen molar-refractivity contribution >= 4 is 33.3 Å². The SMILES string of the molecule is COc1cccc(-c2noc(CSc3nc4sc5c(c4c(=O)n3C(C)C)CCC5)n2)c1. The first-order valence-electron chi connectivity index (χ1n) is 10.2. The number of fused-ring (bicyclic) bond motifs is 3. The molecule has 5 rings (SSSR count). The molecule has 9 heteroatoms. The van der Waals surface area contributed by atoms with Crippen LogP contribution in [0.1, 0.15) is 42.6 Å². The molecule has 0 radical (unpaired) electrons. The zero-order chi connectivity index (χ0) is 21.5. The van der Waals surface area contributed by atoms with Gasteiger partial charge in [0.25, 0.3) is 5.56 Å². The zero-order valence-corrected chi connectivity index (χ0v) is 19.2. The van der Waals surface area contributed by atoms with E-state index in [0.29, 0.717) is 22.6 Å². The lowest BCUT2D eigenvalue weighted by molar-refractivity contribution is 0.391. The molecule has 0 bridgehead atoms. The molecule has 0 N–H and O–H groups in total. The first kappa shape index (κ1) is 20.3. The van der Waals surface area contributed by atoms with Crippen LogP contribution in [0.5, 0.6) is 5.75 Å². The number of hydrogen-bond acceptors (Lipinski definition) is 8. The molecule has 4 aromatic rings. The maximum absolute atomic E-state index is 13.3. The van der Waals surface area contributed by atoms with Crippen LogP contribution in [0, 0.1) is 0 Å². The highest BCUT2D eigenvalue weighted by atomic mass is 32.2. The molecule has 3 heterocycles. The molecule has 0 spiro atoms. The number of thiophene rings is 1. The molecular formula is C22H22N4O3S2. The van der Waals surface area contributed by atoms with Crippen LogP contribution >= 0.6 is 23.1 Å². The third-order valence-electron chi connectivity index (χ3n) is 5.38. The molecule has 31 heavy (non-hydrogen) atoms. The second-order valence-corrected chi connectivity index (χ2v) is 9.76. The summed E-state index contributed by atoms with van der Waals surface area (Å²) in [5.74, 6) is 2.17. The van der Waals surface area contributed by atoms with Crippen molar-refractivity contribution in [2.24, 2.45) is 0 Å². The standard InChI is InChI=1S/C22H22N4O3S2/c1-12(2)26-21(27)18-15-8-5-9-16(15)31-20(18)24-22(26)30-11-17-23-19(25-29-17)13-6-4-7-14(10-13)28-3/h4,6-7,10,12H,5,8-9,11H2,1-3H3. The van der Waals surface area contributed by atoms with Gasteiger partial charge in [-0.3, -0.25) is 9.36 Å². The minimum atomic E-state index is 0.0129. The zero-order valence-electron chi connectivity index (χ0n) is 17.5. The topological polar surface area (TPSA) is 83.0 Å². The maximum Gasteiger partial charge on any atom is 0.263 e. The summed E-state index contributed by atoms with van der Waals surface area (Å²) >= 11 is 3.11. The fraction of sp³-hybridized carbons (Fsp3) is 0.364. The average molecular weight is 455 g/mol. The molecule has 0 aliphatic heterocycles. The van der Waals surface area contributed by atoms with Crippen LogP contribution in [0.15, 0.2) is 38.7 Å². The molecule has 0 saturated carbocycles. The van der Waals surface area contributed by atoms with Gasteiger partial charge in [-0.2, -0.15) is 4.98 Å². The van der Waals surface area contributed by atoms with E-state index in [4.69, 9.17) is 14.2 Å². The second-order valence-electron chi connectivity index (χ2n) is 7.73. The molecule has 0 atom stereocenters. The number of benzene rings is 1. The van der Waals surface area contributed by atoms with E-state index in [1.165, 1.54) is 22.2 Å². The van der Waals surface area contributed by atoms with E-state index in [2.05, 4.69) is 10.1 Å². The fourth-order valence-corrected chi connectivity index (χ4v) is 6.18. The van der Waals surface area contributed by atoms with Crippen molar-refractivity contribution < 1.29 is 9.26 Å². The highest BCUT2D eigenvalue weighted by Crippen LogP contribution is 2.36. The van der Waals surface area contributed by atoms with Crippen LogP contribution in [0.25, 0.3) is 21.6 Å².